The molecule has 0 saturated heterocycles. The van der Waals surface area contributed by atoms with Crippen LogP contribution in [-0.4, -0.2) is 41.4 Å². The minimum absolute atomic E-state index is 0.0930. The highest BCUT2D eigenvalue weighted by Gasteiger charge is 2.02. The van der Waals surface area contributed by atoms with Crippen molar-refractivity contribution < 1.29 is 9.84 Å². The second-order valence-corrected chi connectivity index (χ2v) is 4.08. The van der Waals surface area contributed by atoms with Crippen LogP contribution in [0.3, 0.4) is 0 Å². The third kappa shape index (κ3) is 3.53. The van der Waals surface area contributed by atoms with E-state index in [0.717, 1.165) is 25.2 Å². The van der Waals surface area contributed by atoms with Gasteiger partial charge in [-0.2, -0.15) is 0 Å². The Hall–Kier alpha value is -1.43. The molecule has 0 spiro atoms. The highest BCUT2D eigenvalue weighted by atomic mass is 16.5. The molecule has 2 heterocycles. The van der Waals surface area contributed by atoms with Crippen molar-refractivity contribution >= 4 is 11.0 Å². The van der Waals surface area contributed by atoms with Gasteiger partial charge in [-0.1, -0.05) is 0 Å². The van der Waals surface area contributed by atoms with Crippen LogP contribution in [0.5, 0.6) is 0 Å². The van der Waals surface area contributed by atoms with E-state index >= 15 is 0 Å². The number of fused-ring (bicyclic) bond motifs is 1. The van der Waals surface area contributed by atoms with E-state index in [4.69, 9.17) is 9.84 Å². The molecule has 5 nitrogen and oxygen atoms in total. The Balaban J connectivity index is 1.70. The molecule has 0 radical (unpaired) electrons. The maximum atomic E-state index is 8.54. The minimum Gasteiger partial charge on any atom is -0.394 e. The Morgan fingerprint density at radius 2 is 2.33 bits per heavy atom. The third-order valence-electron chi connectivity index (χ3n) is 2.73. The highest BCUT2D eigenvalue weighted by Crippen LogP contribution is 2.14. The molecule has 0 aromatic carbocycles. The molecule has 0 unspecified atom stereocenters. The van der Waals surface area contributed by atoms with Crippen molar-refractivity contribution in [3.63, 3.8) is 0 Å². The summed E-state index contributed by atoms with van der Waals surface area (Å²) in [7, 11) is 0. The number of aliphatic hydroxyl groups is 1. The van der Waals surface area contributed by atoms with E-state index in [9.17, 15) is 0 Å². The molecule has 2 aromatic rings. The lowest BCUT2D eigenvalue weighted by Crippen LogP contribution is -2.16. The van der Waals surface area contributed by atoms with Crippen LogP contribution in [0.1, 0.15) is 12.0 Å². The van der Waals surface area contributed by atoms with Crippen LogP contribution in [0.4, 0.5) is 0 Å². The molecule has 98 valence electrons. The van der Waals surface area contributed by atoms with Gasteiger partial charge in [0.1, 0.15) is 5.65 Å². The first-order valence-electron chi connectivity index (χ1n) is 6.22. The van der Waals surface area contributed by atoms with Crippen molar-refractivity contribution in [3.8, 4) is 0 Å². The van der Waals surface area contributed by atoms with Crippen LogP contribution >= 0.6 is 0 Å². The second kappa shape index (κ2) is 7.10. The van der Waals surface area contributed by atoms with E-state index in [-0.39, 0.29) is 6.61 Å². The summed E-state index contributed by atoms with van der Waals surface area (Å²) in [4.78, 5) is 7.41. The number of aromatic nitrogens is 2. The Bertz CT molecular complexity index is 470. The molecular weight excluding hydrogens is 230 g/mol. The molecule has 2 rings (SSSR count). The average Bonchev–Trinajstić information content (AvgIpc) is 2.81. The Kier molecular flexibility index (Phi) is 5.14. The number of aromatic amines is 1. The third-order valence-corrected chi connectivity index (χ3v) is 2.73. The summed E-state index contributed by atoms with van der Waals surface area (Å²) in [5.41, 5.74) is 2.16. The topological polar surface area (TPSA) is 70.2 Å². The maximum absolute atomic E-state index is 8.54. The van der Waals surface area contributed by atoms with Gasteiger partial charge >= 0.3 is 0 Å². The fourth-order valence-electron chi connectivity index (χ4n) is 1.85. The van der Waals surface area contributed by atoms with Gasteiger partial charge in [0.25, 0.3) is 0 Å². The molecule has 2 aromatic heterocycles. The molecule has 18 heavy (non-hydrogen) atoms. The highest BCUT2D eigenvalue weighted by molar-refractivity contribution is 5.79. The molecule has 3 N–H and O–H groups in total. The molecule has 0 atom stereocenters. The van der Waals surface area contributed by atoms with Crippen molar-refractivity contribution in [1.82, 2.24) is 15.3 Å². The van der Waals surface area contributed by atoms with Gasteiger partial charge in [0.2, 0.25) is 0 Å². The number of ether oxygens (including phenoxy) is 1. The van der Waals surface area contributed by atoms with Gasteiger partial charge in [-0.25, -0.2) is 4.98 Å². The van der Waals surface area contributed by atoms with Gasteiger partial charge < -0.3 is 20.1 Å². The Labute approximate surface area is 106 Å². The van der Waals surface area contributed by atoms with Crippen LogP contribution in [0.15, 0.2) is 24.5 Å². The number of H-pyrrole nitrogens is 1. The van der Waals surface area contributed by atoms with Gasteiger partial charge in [-0.15, -0.1) is 0 Å². The number of rotatable bonds is 8. The summed E-state index contributed by atoms with van der Waals surface area (Å²) in [6.45, 7) is 2.93. The van der Waals surface area contributed by atoms with E-state index in [1.807, 2.05) is 12.3 Å². The zero-order chi connectivity index (χ0) is 12.6. The van der Waals surface area contributed by atoms with Crippen LogP contribution in [-0.2, 0) is 11.3 Å². The van der Waals surface area contributed by atoms with Crippen molar-refractivity contribution in [1.29, 1.82) is 0 Å². The minimum atomic E-state index is 0.0930. The van der Waals surface area contributed by atoms with Gasteiger partial charge in [-0.3, -0.25) is 0 Å². The first-order valence-corrected chi connectivity index (χ1v) is 6.22. The molecule has 0 aliphatic carbocycles. The summed E-state index contributed by atoms with van der Waals surface area (Å²) < 4.78 is 5.18. The van der Waals surface area contributed by atoms with Gasteiger partial charge in [0.05, 0.1) is 13.2 Å². The maximum Gasteiger partial charge on any atom is 0.137 e. The number of nitrogens with zero attached hydrogens (tertiary/aromatic N) is 1. The summed E-state index contributed by atoms with van der Waals surface area (Å²) in [6.07, 6.45) is 4.72. The molecule has 0 amide bonds. The largest absolute Gasteiger partial charge is 0.394 e. The van der Waals surface area contributed by atoms with Crippen LogP contribution in [0, 0.1) is 0 Å². The lowest BCUT2D eigenvalue weighted by molar-refractivity contribution is 0.0907. The normalized spacial score (nSPS) is 11.2. The molecular formula is C13H19N3O2. The summed E-state index contributed by atoms with van der Waals surface area (Å²) in [6, 6.07) is 4.02. The molecule has 0 aliphatic heterocycles. The van der Waals surface area contributed by atoms with E-state index < -0.39 is 0 Å². The molecule has 5 heteroatoms. The van der Waals surface area contributed by atoms with Crippen molar-refractivity contribution in [2.45, 2.75) is 13.0 Å². The van der Waals surface area contributed by atoms with E-state index in [1.54, 1.807) is 6.20 Å². The van der Waals surface area contributed by atoms with Gasteiger partial charge in [-0.05, 0) is 30.7 Å². The average molecular weight is 249 g/mol. The standard InChI is InChI=1S/C13H19N3O2/c17-6-8-18-7-2-4-14-9-11-10-16-13-12(11)3-1-5-15-13/h1,3,5,10,14,17H,2,4,6-9H2,(H,15,16). The Morgan fingerprint density at radius 3 is 3.22 bits per heavy atom. The first-order chi connectivity index (χ1) is 8.92. The summed E-state index contributed by atoms with van der Waals surface area (Å²) in [5.74, 6) is 0. The fraction of sp³-hybridized carbons (Fsp3) is 0.462. The van der Waals surface area contributed by atoms with E-state index in [0.29, 0.717) is 13.2 Å². The zero-order valence-electron chi connectivity index (χ0n) is 10.4. The van der Waals surface area contributed by atoms with E-state index in [1.165, 1.54) is 10.9 Å². The number of hydrogen-bond acceptors (Lipinski definition) is 4. The van der Waals surface area contributed by atoms with Crippen LogP contribution in [0.2, 0.25) is 0 Å². The molecule has 0 bridgehead atoms. The van der Waals surface area contributed by atoms with Crippen LogP contribution < -0.4 is 5.32 Å². The Morgan fingerprint density at radius 1 is 1.39 bits per heavy atom. The summed E-state index contributed by atoms with van der Waals surface area (Å²) in [5, 5.41) is 13.1. The smallest absolute Gasteiger partial charge is 0.137 e. The van der Waals surface area contributed by atoms with Crippen molar-refractivity contribution in [2.75, 3.05) is 26.4 Å². The fourth-order valence-corrected chi connectivity index (χ4v) is 1.85. The number of hydrogen-bond donors (Lipinski definition) is 3. The number of pyridine rings is 1. The number of nitrogens with one attached hydrogen (secondary N) is 2. The first kappa shape index (κ1) is 13.0. The lowest BCUT2D eigenvalue weighted by Gasteiger charge is -2.04. The molecule has 0 aliphatic rings. The predicted molar refractivity (Wildman–Crippen MR) is 70.3 cm³/mol. The van der Waals surface area contributed by atoms with Crippen molar-refractivity contribution in [2.24, 2.45) is 0 Å². The zero-order valence-corrected chi connectivity index (χ0v) is 10.4. The van der Waals surface area contributed by atoms with Gasteiger partial charge in [0, 0.05) is 30.9 Å². The predicted octanol–water partition coefficient (Wildman–Crippen LogP) is 1.05. The number of aliphatic hydroxyl groups excluding tert-OH is 1. The summed E-state index contributed by atoms with van der Waals surface area (Å²) >= 11 is 0. The second-order valence-electron chi connectivity index (χ2n) is 4.08. The molecule has 0 fully saturated rings. The molecule has 0 saturated carbocycles. The SMILES string of the molecule is OCCOCCCNCc1c[nH]c2ncccc12. The quantitative estimate of drug-likeness (QED) is 0.612. The van der Waals surface area contributed by atoms with Gasteiger partial charge in [0.15, 0.2) is 0 Å². The van der Waals surface area contributed by atoms with Crippen molar-refractivity contribution in [3.05, 3.63) is 30.1 Å². The van der Waals surface area contributed by atoms with Crippen LogP contribution in [0.25, 0.3) is 11.0 Å². The lowest BCUT2D eigenvalue weighted by atomic mass is 10.2. The monoisotopic (exact) mass is 249 g/mol. The van der Waals surface area contributed by atoms with E-state index in [2.05, 4.69) is 21.4 Å².